The molecule has 2 heterocycles. The Morgan fingerprint density at radius 1 is 1.21 bits per heavy atom. The van der Waals surface area contributed by atoms with Gasteiger partial charge in [0.15, 0.2) is 23.3 Å². The molecular weight excluding hydrogens is 471 g/mol. The number of aryl methyl sites for hydroxylation is 1. The molecule has 0 saturated carbocycles. The molecule has 2 aromatic rings. The molecule has 0 radical (unpaired) electrons. The summed E-state index contributed by atoms with van der Waals surface area (Å²) in [5, 5.41) is 15.3. The molecule has 3 rings (SSSR count). The Labute approximate surface area is 183 Å². The van der Waals surface area contributed by atoms with Crippen LogP contribution in [0.5, 0.6) is 11.5 Å². The second-order valence-corrected chi connectivity index (χ2v) is 6.34. The molecule has 0 aliphatic carbocycles. The molecule has 1 aromatic carbocycles. The van der Waals surface area contributed by atoms with Crippen LogP contribution in [0.3, 0.4) is 0 Å². The van der Waals surface area contributed by atoms with Crippen molar-refractivity contribution in [1.82, 2.24) is 20.1 Å². The van der Waals surface area contributed by atoms with E-state index in [2.05, 4.69) is 30.4 Å². The van der Waals surface area contributed by atoms with E-state index >= 15 is 0 Å². The van der Waals surface area contributed by atoms with Crippen molar-refractivity contribution in [3.8, 4) is 11.5 Å². The van der Waals surface area contributed by atoms with Crippen LogP contribution in [0.4, 0.5) is 5.69 Å². The van der Waals surface area contributed by atoms with Crippen LogP contribution >= 0.6 is 24.0 Å². The molecule has 1 aliphatic rings. The van der Waals surface area contributed by atoms with Gasteiger partial charge in [-0.05, 0) is 31.9 Å². The summed E-state index contributed by atoms with van der Waals surface area (Å²) >= 11 is 0. The number of guanidine groups is 1. The highest BCUT2D eigenvalue weighted by atomic mass is 127. The zero-order chi connectivity index (χ0) is 19.1. The number of nitrogens with one attached hydrogen (secondary N) is 2. The lowest BCUT2D eigenvalue weighted by Crippen LogP contribution is -2.31. The van der Waals surface area contributed by atoms with E-state index in [1.165, 1.54) is 19.3 Å². The summed E-state index contributed by atoms with van der Waals surface area (Å²) in [6, 6.07) is 5.71. The number of nitrogens with zero attached hydrogens (tertiary/aromatic N) is 4. The van der Waals surface area contributed by atoms with Crippen LogP contribution in [0.1, 0.15) is 37.8 Å². The van der Waals surface area contributed by atoms with Crippen LogP contribution in [0, 0.1) is 0 Å². The fourth-order valence-electron chi connectivity index (χ4n) is 3.17. The van der Waals surface area contributed by atoms with E-state index in [9.17, 15) is 0 Å². The number of aromatic nitrogens is 3. The Morgan fingerprint density at radius 2 is 2.07 bits per heavy atom. The molecule has 0 saturated heterocycles. The summed E-state index contributed by atoms with van der Waals surface area (Å²) in [5.74, 6) is 4.09. The minimum absolute atomic E-state index is 0. The zero-order valence-corrected chi connectivity index (χ0v) is 19.0. The standard InChI is InChI=1S/C19H28N6O2.HI/c1-4-27-15-10-9-14(12-16(15)26-3)22-19(20-2)21-13-18-24-23-17-8-6-5-7-11-25(17)18;/h9-10,12H,4-8,11,13H2,1-3H3,(H2,20,21,22);1H. The number of methoxy groups -OCH3 is 1. The van der Waals surface area contributed by atoms with Gasteiger partial charge in [0.1, 0.15) is 5.82 Å². The Hall–Kier alpha value is -2.04. The smallest absolute Gasteiger partial charge is 0.195 e. The van der Waals surface area contributed by atoms with E-state index in [0.29, 0.717) is 24.9 Å². The van der Waals surface area contributed by atoms with Crippen molar-refractivity contribution in [3.63, 3.8) is 0 Å². The number of rotatable bonds is 6. The second-order valence-electron chi connectivity index (χ2n) is 6.34. The molecule has 8 nitrogen and oxygen atoms in total. The van der Waals surface area contributed by atoms with Crippen molar-refractivity contribution in [2.24, 2.45) is 4.99 Å². The molecular formula is C19H29IN6O2. The van der Waals surface area contributed by atoms with Crippen molar-refractivity contribution in [2.45, 2.75) is 45.7 Å². The van der Waals surface area contributed by atoms with E-state index in [1.807, 2.05) is 25.1 Å². The third-order valence-electron chi connectivity index (χ3n) is 4.55. The van der Waals surface area contributed by atoms with Crippen LogP contribution in [-0.2, 0) is 19.5 Å². The minimum atomic E-state index is 0. The molecule has 0 amide bonds. The lowest BCUT2D eigenvalue weighted by Gasteiger charge is -2.15. The van der Waals surface area contributed by atoms with Crippen molar-refractivity contribution in [2.75, 3.05) is 26.1 Å². The first-order valence-electron chi connectivity index (χ1n) is 9.44. The Kier molecular flexibility index (Phi) is 8.81. The molecule has 28 heavy (non-hydrogen) atoms. The number of ether oxygens (including phenoxy) is 2. The Balaban J connectivity index is 0.00000280. The predicted octanol–water partition coefficient (Wildman–Crippen LogP) is 3.22. The molecule has 0 fully saturated rings. The molecule has 0 atom stereocenters. The highest BCUT2D eigenvalue weighted by Crippen LogP contribution is 2.30. The van der Waals surface area contributed by atoms with Gasteiger partial charge >= 0.3 is 0 Å². The monoisotopic (exact) mass is 500 g/mol. The fraction of sp³-hybridized carbons (Fsp3) is 0.526. The first kappa shape index (κ1) is 22.3. The Morgan fingerprint density at radius 3 is 2.82 bits per heavy atom. The molecule has 1 aromatic heterocycles. The lowest BCUT2D eigenvalue weighted by molar-refractivity contribution is 0.311. The molecule has 154 valence electrons. The van der Waals surface area contributed by atoms with Gasteiger partial charge < -0.3 is 24.7 Å². The maximum atomic E-state index is 5.56. The number of anilines is 1. The van der Waals surface area contributed by atoms with Crippen molar-refractivity contribution in [3.05, 3.63) is 29.8 Å². The van der Waals surface area contributed by atoms with E-state index in [1.54, 1.807) is 14.2 Å². The van der Waals surface area contributed by atoms with E-state index in [0.717, 1.165) is 36.1 Å². The number of benzene rings is 1. The Bertz CT molecular complexity index is 793. The van der Waals surface area contributed by atoms with Gasteiger partial charge in [-0.2, -0.15) is 0 Å². The second kappa shape index (κ2) is 11.1. The topological polar surface area (TPSA) is 85.6 Å². The normalized spacial score (nSPS) is 13.8. The van der Waals surface area contributed by atoms with Gasteiger partial charge in [0.05, 0.1) is 20.3 Å². The average Bonchev–Trinajstić information content (AvgIpc) is 2.92. The summed E-state index contributed by atoms with van der Waals surface area (Å²) in [6.45, 7) is 4.10. The van der Waals surface area contributed by atoms with Gasteiger partial charge in [0.2, 0.25) is 0 Å². The first-order chi connectivity index (χ1) is 13.2. The summed E-state index contributed by atoms with van der Waals surface area (Å²) in [4.78, 5) is 4.29. The number of fused-ring (bicyclic) bond motifs is 1. The van der Waals surface area contributed by atoms with Gasteiger partial charge in [-0.1, -0.05) is 6.42 Å². The van der Waals surface area contributed by atoms with Crippen molar-refractivity contribution >= 4 is 35.6 Å². The minimum Gasteiger partial charge on any atom is -0.493 e. The number of hydrogen-bond acceptors (Lipinski definition) is 5. The van der Waals surface area contributed by atoms with Crippen LogP contribution in [0.15, 0.2) is 23.2 Å². The first-order valence-corrected chi connectivity index (χ1v) is 9.44. The lowest BCUT2D eigenvalue weighted by atomic mass is 10.2. The summed E-state index contributed by atoms with van der Waals surface area (Å²) in [7, 11) is 3.37. The third kappa shape index (κ3) is 5.49. The van der Waals surface area contributed by atoms with Gasteiger partial charge in [-0.15, -0.1) is 34.2 Å². The molecule has 2 N–H and O–H groups in total. The maximum Gasteiger partial charge on any atom is 0.195 e. The summed E-state index contributed by atoms with van der Waals surface area (Å²) in [5.41, 5.74) is 0.864. The maximum absolute atomic E-state index is 5.56. The largest absolute Gasteiger partial charge is 0.493 e. The fourth-order valence-corrected chi connectivity index (χ4v) is 3.17. The average molecular weight is 500 g/mol. The number of halogens is 1. The molecule has 0 spiro atoms. The highest BCUT2D eigenvalue weighted by Gasteiger charge is 2.15. The van der Waals surface area contributed by atoms with Crippen LogP contribution in [0.25, 0.3) is 0 Å². The predicted molar refractivity (Wildman–Crippen MR) is 121 cm³/mol. The van der Waals surface area contributed by atoms with Gasteiger partial charge in [0, 0.05) is 31.8 Å². The van der Waals surface area contributed by atoms with Crippen LogP contribution in [0.2, 0.25) is 0 Å². The molecule has 9 heteroatoms. The highest BCUT2D eigenvalue weighted by molar-refractivity contribution is 14.0. The zero-order valence-electron chi connectivity index (χ0n) is 16.7. The quantitative estimate of drug-likeness (QED) is 0.360. The van der Waals surface area contributed by atoms with E-state index in [4.69, 9.17) is 9.47 Å². The summed E-state index contributed by atoms with van der Waals surface area (Å²) in [6.07, 6.45) is 4.62. The molecule has 1 aliphatic heterocycles. The van der Waals surface area contributed by atoms with E-state index in [-0.39, 0.29) is 24.0 Å². The van der Waals surface area contributed by atoms with Crippen LogP contribution < -0.4 is 20.1 Å². The molecule has 0 bridgehead atoms. The number of aliphatic imine (C=N–C) groups is 1. The van der Waals surface area contributed by atoms with Gasteiger partial charge in [-0.3, -0.25) is 4.99 Å². The third-order valence-corrected chi connectivity index (χ3v) is 4.55. The van der Waals surface area contributed by atoms with Crippen LogP contribution in [-0.4, -0.2) is 41.5 Å². The van der Waals surface area contributed by atoms with Gasteiger partial charge in [-0.25, -0.2) is 0 Å². The van der Waals surface area contributed by atoms with Gasteiger partial charge in [0.25, 0.3) is 0 Å². The van der Waals surface area contributed by atoms with Crippen molar-refractivity contribution < 1.29 is 9.47 Å². The number of hydrogen-bond donors (Lipinski definition) is 2. The summed E-state index contributed by atoms with van der Waals surface area (Å²) < 4.78 is 13.2. The SMILES string of the molecule is CCOc1ccc(NC(=NC)NCc2nnc3n2CCCCC3)cc1OC.I. The van der Waals surface area contributed by atoms with E-state index < -0.39 is 0 Å². The molecule has 0 unspecified atom stereocenters. The van der Waals surface area contributed by atoms with Crippen molar-refractivity contribution in [1.29, 1.82) is 0 Å².